The maximum absolute atomic E-state index is 13.7. The van der Waals surface area contributed by atoms with Gasteiger partial charge in [0.2, 0.25) is 0 Å². The molecule has 3 aromatic heterocycles. The van der Waals surface area contributed by atoms with Crippen LogP contribution in [0.3, 0.4) is 0 Å². The van der Waals surface area contributed by atoms with Crippen molar-refractivity contribution in [3.05, 3.63) is 81.1 Å². The summed E-state index contributed by atoms with van der Waals surface area (Å²) in [4.78, 5) is 46.3. The van der Waals surface area contributed by atoms with E-state index in [2.05, 4.69) is 32.2 Å². The van der Waals surface area contributed by atoms with Crippen molar-refractivity contribution >= 4 is 39.6 Å². The first-order valence-electron chi connectivity index (χ1n) is 12.7. The molecule has 4 aromatic rings. The lowest BCUT2D eigenvalue weighted by atomic mass is 10.0. The summed E-state index contributed by atoms with van der Waals surface area (Å²) in [5.41, 5.74) is 4.32. The zero-order valence-electron chi connectivity index (χ0n) is 21.3. The highest BCUT2D eigenvalue weighted by Crippen LogP contribution is 2.36. The van der Waals surface area contributed by atoms with E-state index in [-0.39, 0.29) is 17.9 Å². The summed E-state index contributed by atoms with van der Waals surface area (Å²) >= 11 is 2.97. The van der Waals surface area contributed by atoms with Crippen LogP contribution in [0.4, 0.5) is 5.13 Å². The number of benzene rings is 1. The molecule has 2 amide bonds. The van der Waals surface area contributed by atoms with Crippen molar-refractivity contribution in [1.29, 1.82) is 0 Å². The molecule has 38 heavy (non-hydrogen) atoms. The van der Waals surface area contributed by atoms with Gasteiger partial charge in [0.05, 0.1) is 17.4 Å². The van der Waals surface area contributed by atoms with E-state index in [9.17, 15) is 9.59 Å². The predicted molar refractivity (Wildman–Crippen MR) is 150 cm³/mol. The molecule has 5 heterocycles. The highest BCUT2D eigenvalue weighted by atomic mass is 32.1. The number of fused-ring (bicyclic) bond motifs is 1. The third-order valence-corrected chi connectivity index (χ3v) is 9.30. The molecule has 0 aliphatic carbocycles. The normalized spacial score (nSPS) is 17.4. The van der Waals surface area contributed by atoms with Crippen molar-refractivity contribution in [2.75, 3.05) is 25.5 Å². The minimum atomic E-state index is -0.178. The summed E-state index contributed by atoms with van der Waals surface area (Å²) in [7, 11) is 2.10. The van der Waals surface area contributed by atoms with Crippen LogP contribution in [0, 0.1) is 6.92 Å². The van der Waals surface area contributed by atoms with Gasteiger partial charge in [-0.1, -0.05) is 12.1 Å². The Morgan fingerprint density at radius 3 is 2.76 bits per heavy atom. The highest BCUT2D eigenvalue weighted by molar-refractivity contribution is 7.17. The lowest BCUT2D eigenvalue weighted by Gasteiger charge is -2.25. The number of carbonyl (C=O) groups is 2. The second-order valence-corrected chi connectivity index (χ2v) is 11.9. The fourth-order valence-corrected chi connectivity index (χ4v) is 7.24. The van der Waals surface area contributed by atoms with E-state index in [4.69, 9.17) is 0 Å². The number of hydrogen-bond acceptors (Lipinski definition) is 8. The fourth-order valence-electron chi connectivity index (χ4n) is 5.13. The molecule has 0 unspecified atom stereocenters. The van der Waals surface area contributed by atoms with Gasteiger partial charge in [-0.15, -0.1) is 22.7 Å². The second kappa shape index (κ2) is 10.4. The van der Waals surface area contributed by atoms with Crippen molar-refractivity contribution < 1.29 is 9.59 Å². The van der Waals surface area contributed by atoms with Gasteiger partial charge in [-0.2, -0.15) is 0 Å². The maximum Gasteiger partial charge on any atom is 0.266 e. The number of carbonyl (C=O) groups excluding carboxylic acids is 2. The Labute approximate surface area is 229 Å². The van der Waals surface area contributed by atoms with Gasteiger partial charge in [-0.3, -0.25) is 19.9 Å². The Hall–Kier alpha value is -3.47. The van der Waals surface area contributed by atoms with E-state index in [1.54, 1.807) is 23.7 Å². The molecular weight excluding hydrogens is 516 g/mol. The lowest BCUT2D eigenvalue weighted by Crippen LogP contribution is -2.30. The lowest BCUT2D eigenvalue weighted by molar-refractivity contribution is 0.0739. The molecule has 6 rings (SSSR count). The maximum atomic E-state index is 13.7. The Morgan fingerprint density at radius 1 is 1.08 bits per heavy atom. The summed E-state index contributed by atoms with van der Waals surface area (Å²) in [5, 5.41) is 4.45. The van der Waals surface area contributed by atoms with Gasteiger partial charge in [-0.05, 0) is 56.6 Å². The van der Waals surface area contributed by atoms with Crippen LogP contribution in [0.5, 0.6) is 0 Å². The third kappa shape index (κ3) is 4.87. The molecule has 1 atom stereocenters. The standard InChI is InChI=1S/C28H28N6O2S2/c1-17-24(38-26(30-17)18-8-11-29-12-9-18)27(36)34-13-4-7-22(34)19-5-3-6-20(15-19)25(35)32-28-31-21-10-14-33(2)16-23(21)37-28/h3,5-6,8-9,11-12,15,22H,4,7,10,13-14,16H2,1-2H3,(H,31,32,35)/t22-/m1/s1. The van der Waals surface area contributed by atoms with E-state index < -0.39 is 0 Å². The number of hydrogen-bond donors (Lipinski definition) is 1. The minimum absolute atomic E-state index is 0.00371. The van der Waals surface area contributed by atoms with E-state index in [1.165, 1.54) is 16.2 Å². The summed E-state index contributed by atoms with van der Waals surface area (Å²) < 4.78 is 0. The molecule has 194 valence electrons. The van der Waals surface area contributed by atoms with Gasteiger partial charge in [0.1, 0.15) is 9.88 Å². The van der Waals surface area contributed by atoms with E-state index in [0.29, 0.717) is 22.1 Å². The van der Waals surface area contributed by atoms with Crippen LogP contribution >= 0.6 is 22.7 Å². The summed E-state index contributed by atoms with van der Waals surface area (Å²) in [6, 6.07) is 11.4. The second-order valence-electron chi connectivity index (χ2n) is 9.78. The predicted octanol–water partition coefficient (Wildman–Crippen LogP) is 5.19. The number of amides is 2. The molecular formula is C28H28N6O2S2. The van der Waals surface area contributed by atoms with E-state index in [0.717, 1.165) is 59.9 Å². The SMILES string of the molecule is Cc1nc(-c2ccncc2)sc1C(=O)N1CCC[C@@H]1c1cccc(C(=O)Nc2nc3c(s2)CN(C)CC3)c1. The van der Waals surface area contributed by atoms with Gasteiger partial charge in [-0.25, -0.2) is 9.97 Å². The first-order valence-corrected chi connectivity index (χ1v) is 14.4. The Balaban J connectivity index is 1.20. The molecule has 0 radical (unpaired) electrons. The van der Waals surface area contributed by atoms with Gasteiger partial charge in [0.15, 0.2) is 5.13 Å². The average Bonchev–Trinajstić information content (AvgIpc) is 3.67. The van der Waals surface area contributed by atoms with E-state index in [1.807, 2.05) is 48.2 Å². The molecule has 10 heteroatoms. The van der Waals surface area contributed by atoms with Crippen LogP contribution in [-0.4, -0.2) is 56.7 Å². The molecule has 2 aliphatic rings. The summed E-state index contributed by atoms with van der Waals surface area (Å²) in [6.45, 7) is 4.42. The molecule has 0 bridgehead atoms. The van der Waals surface area contributed by atoms with Gasteiger partial charge < -0.3 is 9.80 Å². The molecule has 1 fully saturated rings. The van der Waals surface area contributed by atoms with Gasteiger partial charge in [0.25, 0.3) is 11.8 Å². The largest absolute Gasteiger partial charge is 0.331 e. The number of pyridine rings is 1. The fraction of sp³-hybridized carbons (Fsp3) is 0.321. The number of anilines is 1. The first-order chi connectivity index (χ1) is 18.5. The quantitative estimate of drug-likeness (QED) is 0.372. The van der Waals surface area contributed by atoms with Crippen molar-refractivity contribution in [2.45, 2.75) is 38.8 Å². The van der Waals surface area contributed by atoms with Crippen molar-refractivity contribution in [3.8, 4) is 10.6 Å². The molecule has 1 saturated heterocycles. The Kier molecular flexibility index (Phi) is 6.77. The average molecular weight is 545 g/mol. The smallest absolute Gasteiger partial charge is 0.266 e. The number of likely N-dealkylation sites (tertiary alicyclic amines) is 1. The summed E-state index contributed by atoms with van der Waals surface area (Å²) in [6.07, 6.45) is 6.14. The zero-order valence-corrected chi connectivity index (χ0v) is 22.9. The molecule has 0 spiro atoms. The zero-order chi connectivity index (χ0) is 26.2. The molecule has 8 nitrogen and oxygen atoms in total. The van der Waals surface area contributed by atoms with E-state index >= 15 is 0 Å². The number of thiazole rings is 2. The van der Waals surface area contributed by atoms with Crippen LogP contribution in [0.15, 0.2) is 48.8 Å². The van der Waals surface area contributed by atoms with Gasteiger partial charge in [0, 0.05) is 54.5 Å². The number of nitrogens with zero attached hydrogens (tertiary/aromatic N) is 5. The van der Waals surface area contributed by atoms with Crippen molar-refractivity contribution in [1.82, 2.24) is 24.8 Å². The van der Waals surface area contributed by atoms with Crippen molar-refractivity contribution in [3.63, 3.8) is 0 Å². The third-order valence-electron chi connectivity index (χ3n) is 7.11. The molecule has 1 N–H and O–H groups in total. The number of rotatable bonds is 5. The number of likely N-dealkylation sites (N-methyl/N-ethyl adjacent to an activating group) is 1. The van der Waals surface area contributed by atoms with Crippen LogP contribution in [-0.2, 0) is 13.0 Å². The van der Waals surface area contributed by atoms with Crippen LogP contribution < -0.4 is 5.32 Å². The van der Waals surface area contributed by atoms with Gasteiger partial charge >= 0.3 is 0 Å². The Morgan fingerprint density at radius 2 is 1.92 bits per heavy atom. The van der Waals surface area contributed by atoms with Crippen LogP contribution in [0.1, 0.15) is 60.7 Å². The summed E-state index contributed by atoms with van der Waals surface area (Å²) in [5.74, 6) is -0.182. The number of aryl methyl sites for hydroxylation is 1. The molecule has 2 aliphatic heterocycles. The minimum Gasteiger partial charge on any atom is -0.331 e. The molecule has 1 aromatic carbocycles. The highest BCUT2D eigenvalue weighted by Gasteiger charge is 2.33. The number of nitrogens with one attached hydrogen (secondary N) is 1. The molecule has 0 saturated carbocycles. The van der Waals surface area contributed by atoms with Crippen LogP contribution in [0.2, 0.25) is 0 Å². The van der Waals surface area contributed by atoms with Crippen LogP contribution in [0.25, 0.3) is 10.6 Å². The first kappa shape index (κ1) is 24.8. The topological polar surface area (TPSA) is 91.3 Å². The Bertz CT molecular complexity index is 1500. The number of aromatic nitrogens is 3. The van der Waals surface area contributed by atoms with Crippen molar-refractivity contribution in [2.24, 2.45) is 0 Å². The monoisotopic (exact) mass is 544 g/mol.